The fourth-order valence-electron chi connectivity index (χ4n) is 1.74. The summed E-state index contributed by atoms with van der Waals surface area (Å²) >= 11 is 3.35. The molecule has 0 aliphatic carbocycles. The standard InChI is InChI=1S/C13H11BrN2O2/c1-15-12-11(13(17)18)10(6-7-16-12)8-2-4-9(14)5-3-8/h2-7H,1H3,(H,15,16)(H,17,18). The maximum Gasteiger partial charge on any atom is 0.340 e. The summed E-state index contributed by atoms with van der Waals surface area (Å²) in [6.45, 7) is 0. The number of carboxylic acids is 1. The molecule has 5 heteroatoms. The number of rotatable bonds is 3. The molecule has 0 saturated heterocycles. The maximum atomic E-state index is 11.4. The first kappa shape index (κ1) is 12.6. The van der Waals surface area contributed by atoms with Crippen LogP contribution >= 0.6 is 15.9 Å². The molecule has 92 valence electrons. The van der Waals surface area contributed by atoms with Crippen LogP contribution in [0.1, 0.15) is 10.4 Å². The topological polar surface area (TPSA) is 62.2 Å². The quantitative estimate of drug-likeness (QED) is 0.913. The zero-order chi connectivity index (χ0) is 13.1. The summed E-state index contributed by atoms with van der Waals surface area (Å²) in [5, 5.41) is 12.1. The minimum absolute atomic E-state index is 0.183. The van der Waals surface area contributed by atoms with Crippen molar-refractivity contribution >= 4 is 27.7 Å². The zero-order valence-electron chi connectivity index (χ0n) is 9.64. The summed E-state index contributed by atoms with van der Waals surface area (Å²) in [6.07, 6.45) is 1.59. The molecule has 0 unspecified atom stereocenters. The Balaban J connectivity index is 2.63. The Kier molecular flexibility index (Phi) is 3.62. The summed E-state index contributed by atoms with van der Waals surface area (Å²) < 4.78 is 0.950. The molecule has 0 aliphatic heterocycles. The second kappa shape index (κ2) is 5.18. The van der Waals surface area contributed by atoms with Gasteiger partial charge in [0.05, 0.1) is 0 Å². The lowest BCUT2D eigenvalue weighted by atomic mass is 10.0. The number of carbonyl (C=O) groups is 1. The molecular formula is C13H11BrN2O2. The monoisotopic (exact) mass is 306 g/mol. The van der Waals surface area contributed by atoms with Crippen molar-refractivity contribution in [2.45, 2.75) is 0 Å². The van der Waals surface area contributed by atoms with Gasteiger partial charge in [-0.15, -0.1) is 0 Å². The van der Waals surface area contributed by atoms with Crippen molar-refractivity contribution in [1.29, 1.82) is 0 Å². The Hall–Kier alpha value is -1.88. The summed E-state index contributed by atoms with van der Waals surface area (Å²) in [7, 11) is 1.65. The minimum atomic E-state index is -0.995. The van der Waals surface area contributed by atoms with Gasteiger partial charge in [0.25, 0.3) is 0 Å². The van der Waals surface area contributed by atoms with E-state index in [4.69, 9.17) is 0 Å². The van der Waals surface area contributed by atoms with Gasteiger partial charge in [0.2, 0.25) is 0 Å². The van der Waals surface area contributed by atoms with Crippen LogP contribution in [-0.4, -0.2) is 23.1 Å². The van der Waals surface area contributed by atoms with Crippen LogP contribution in [0.15, 0.2) is 41.0 Å². The third-order valence-corrected chi connectivity index (χ3v) is 3.09. The average molecular weight is 307 g/mol. The van der Waals surface area contributed by atoms with E-state index in [0.717, 1.165) is 10.0 Å². The number of hydrogen-bond acceptors (Lipinski definition) is 3. The lowest BCUT2D eigenvalue weighted by Gasteiger charge is -2.10. The van der Waals surface area contributed by atoms with Gasteiger partial charge in [-0.05, 0) is 23.8 Å². The van der Waals surface area contributed by atoms with Crippen molar-refractivity contribution in [2.24, 2.45) is 0 Å². The van der Waals surface area contributed by atoms with Gasteiger partial charge in [-0.2, -0.15) is 0 Å². The van der Waals surface area contributed by atoms with Crippen LogP contribution in [0.5, 0.6) is 0 Å². The summed E-state index contributed by atoms with van der Waals surface area (Å²) in [6, 6.07) is 9.19. The van der Waals surface area contributed by atoms with Crippen LogP contribution in [0.3, 0.4) is 0 Å². The number of carboxylic acid groups (broad SMARTS) is 1. The van der Waals surface area contributed by atoms with Gasteiger partial charge in [0.1, 0.15) is 11.4 Å². The van der Waals surface area contributed by atoms with Crippen molar-refractivity contribution < 1.29 is 9.90 Å². The van der Waals surface area contributed by atoms with Crippen molar-refractivity contribution in [3.8, 4) is 11.1 Å². The van der Waals surface area contributed by atoms with E-state index < -0.39 is 5.97 Å². The Labute approximate surface area is 113 Å². The van der Waals surface area contributed by atoms with Gasteiger partial charge in [0, 0.05) is 23.3 Å². The van der Waals surface area contributed by atoms with Crippen LogP contribution in [0.2, 0.25) is 0 Å². The predicted octanol–water partition coefficient (Wildman–Crippen LogP) is 3.25. The average Bonchev–Trinajstić information content (AvgIpc) is 2.38. The number of anilines is 1. The molecule has 0 fully saturated rings. The first-order valence-electron chi connectivity index (χ1n) is 5.29. The largest absolute Gasteiger partial charge is 0.478 e. The van der Waals surface area contributed by atoms with Gasteiger partial charge in [-0.25, -0.2) is 9.78 Å². The molecule has 1 aromatic heterocycles. The third-order valence-electron chi connectivity index (χ3n) is 2.56. The fraction of sp³-hybridized carbons (Fsp3) is 0.0769. The van der Waals surface area contributed by atoms with Crippen molar-refractivity contribution in [3.05, 3.63) is 46.6 Å². The van der Waals surface area contributed by atoms with E-state index in [0.29, 0.717) is 11.4 Å². The van der Waals surface area contributed by atoms with Crippen LogP contribution in [0.4, 0.5) is 5.82 Å². The highest BCUT2D eigenvalue weighted by Gasteiger charge is 2.16. The normalized spacial score (nSPS) is 10.1. The number of pyridine rings is 1. The number of halogens is 1. The molecule has 0 bridgehead atoms. The third kappa shape index (κ3) is 2.36. The number of nitrogens with zero attached hydrogens (tertiary/aromatic N) is 1. The number of hydrogen-bond donors (Lipinski definition) is 2. The fourth-order valence-corrected chi connectivity index (χ4v) is 2.00. The molecule has 0 atom stereocenters. The van der Waals surface area contributed by atoms with E-state index in [9.17, 15) is 9.90 Å². The van der Waals surface area contributed by atoms with E-state index in [2.05, 4.69) is 26.2 Å². The molecule has 4 nitrogen and oxygen atoms in total. The van der Waals surface area contributed by atoms with Crippen LogP contribution < -0.4 is 5.32 Å². The highest BCUT2D eigenvalue weighted by molar-refractivity contribution is 9.10. The smallest absolute Gasteiger partial charge is 0.340 e. The second-order valence-corrected chi connectivity index (χ2v) is 4.56. The number of benzene rings is 1. The van der Waals surface area contributed by atoms with Crippen molar-refractivity contribution in [2.75, 3.05) is 12.4 Å². The molecule has 2 rings (SSSR count). The Morgan fingerprint density at radius 2 is 1.94 bits per heavy atom. The highest BCUT2D eigenvalue weighted by Crippen LogP contribution is 2.28. The molecule has 0 saturated carbocycles. The number of aromatic carboxylic acids is 1. The van der Waals surface area contributed by atoms with E-state index in [-0.39, 0.29) is 5.56 Å². The van der Waals surface area contributed by atoms with E-state index in [1.54, 1.807) is 19.3 Å². The Morgan fingerprint density at radius 3 is 2.50 bits per heavy atom. The first-order chi connectivity index (χ1) is 8.63. The SMILES string of the molecule is CNc1nccc(-c2ccc(Br)cc2)c1C(=O)O. The highest BCUT2D eigenvalue weighted by atomic mass is 79.9. The summed E-state index contributed by atoms with van der Waals surface area (Å²) in [4.78, 5) is 15.4. The van der Waals surface area contributed by atoms with Crippen LogP contribution in [0, 0.1) is 0 Å². The molecule has 0 amide bonds. The lowest BCUT2D eigenvalue weighted by Crippen LogP contribution is -2.06. The van der Waals surface area contributed by atoms with Gasteiger partial charge in [-0.3, -0.25) is 0 Å². The molecular weight excluding hydrogens is 296 g/mol. The van der Waals surface area contributed by atoms with Crippen LogP contribution in [0.25, 0.3) is 11.1 Å². The molecule has 0 spiro atoms. The molecule has 18 heavy (non-hydrogen) atoms. The predicted molar refractivity (Wildman–Crippen MR) is 73.9 cm³/mol. The minimum Gasteiger partial charge on any atom is -0.478 e. The van der Waals surface area contributed by atoms with Gasteiger partial charge >= 0.3 is 5.97 Å². The summed E-state index contributed by atoms with van der Waals surface area (Å²) in [5.74, 6) is -0.631. The Bertz CT molecular complexity index is 582. The molecule has 1 aromatic carbocycles. The van der Waals surface area contributed by atoms with E-state index in [1.165, 1.54) is 0 Å². The number of nitrogens with one attached hydrogen (secondary N) is 1. The molecule has 2 N–H and O–H groups in total. The van der Waals surface area contributed by atoms with Gasteiger partial charge in [0.15, 0.2) is 0 Å². The Morgan fingerprint density at radius 1 is 1.28 bits per heavy atom. The molecule has 0 radical (unpaired) electrons. The molecule has 2 aromatic rings. The van der Waals surface area contributed by atoms with E-state index in [1.807, 2.05) is 24.3 Å². The van der Waals surface area contributed by atoms with Gasteiger partial charge in [-0.1, -0.05) is 28.1 Å². The van der Waals surface area contributed by atoms with Crippen molar-refractivity contribution in [1.82, 2.24) is 4.98 Å². The second-order valence-electron chi connectivity index (χ2n) is 3.64. The molecule has 0 aliphatic rings. The first-order valence-corrected chi connectivity index (χ1v) is 6.08. The maximum absolute atomic E-state index is 11.4. The van der Waals surface area contributed by atoms with Gasteiger partial charge < -0.3 is 10.4 Å². The zero-order valence-corrected chi connectivity index (χ0v) is 11.2. The molecule has 1 heterocycles. The van der Waals surface area contributed by atoms with Crippen molar-refractivity contribution in [3.63, 3.8) is 0 Å². The number of aromatic nitrogens is 1. The van der Waals surface area contributed by atoms with E-state index >= 15 is 0 Å². The summed E-state index contributed by atoms with van der Waals surface area (Å²) in [5.41, 5.74) is 1.67. The van der Waals surface area contributed by atoms with Crippen LogP contribution in [-0.2, 0) is 0 Å². The lowest BCUT2D eigenvalue weighted by molar-refractivity contribution is 0.0698.